The van der Waals surface area contributed by atoms with Crippen LogP contribution in [-0.2, 0) is 11.3 Å². The lowest BCUT2D eigenvalue weighted by molar-refractivity contribution is -0.0355. The molecule has 1 fully saturated rings. The maximum atomic E-state index is 12.2. The Balaban J connectivity index is 1.95. The summed E-state index contributed by atoms with van der Waals surface area (Å²) in [5.41, 5.74) is 0.741. The minimum absolute atomic E-state index is 0.0716. The molecular formula is C13H22N4O2. The summed E-state index contributed by atoms with van der Waals surface area (Å²) in [6.45, 7) is 8.17. The fourth-order valence-corrected chi connectivity index (χ4v) is 2.19. The molecule has 0 saturated carbocycles. The number of ether oxygens (including phenoxy) is 1. The highest BCUT2D eigenvalue weighted by Crippen LogP contribution is 2.15. The number of aromatic nitrogens is 2. The molecule has 19 heavy (non-hydrogen) atoms. The summed E-state index contributed by atoms with van der Waals surface area (Å²) >= 11 is 0. The van der Waals surface area contributed by atoms with Crippen molar-refractivity contribution in [2.45, 2.75) is 45.9 Å². The van der Waals surface area contributed by atoms with Gasteiger partial charge in [0.1, 0.15) is 0 Å². The number of anilines is 1. The molecule has 1 aromatic rings. The fraction of sp³-hybridized carbons (Fsp3) is 0.692. The molecule has 0 radical (unpaired) electrons. The van der Waals surface area contributed by atoms with E-state index < -0.39 is 0 Å². The summed E-state index contributed by atoms with van der Waals surface area (Å²) in [7, 11) is 0. The first-order valence-electron chi connectivity index (χ1n) is 6.83. The van der Waals surface area contributed by atoms with Crippen molar-refractivity contribution in [1.82, 2.24) is 14.7 Å². The minimum atomic E-state index is -0.0845. The number of morpholine rings is 1. The second-order valence-corrected chi connectivity index (χ2v) is 4.93. The van der Waals surface area contributed by atoms with Gasteiger partial charge in [0.25, 0.3) is 0 Å². The zero-order chi connectivity index (χ0) is 13.8. The number of hydrogen-bond acceptors (Lipinski definition) is 3. The Morgan fingerprint density at radius 2 is 2.37 bits per heavy atom. The summed E-state index contributed by atoms with van der Waals surface area (Å²) in [5, 5.41) is 7.09. The van der Waals surface area contributed by atoms with Crippen LogP contribution in [0, 0.1) is 0 Å². The number of hydrogen-bond donors (Lipinski definition) is 1. The molecule has 1 aromatic heterocycles. The maximum absolute atomic E-state index is 12.2. The predicted octanol–water partition coefficient (Wildman–Crippen LogP) is 1.93. The SMILES string of the molecule is CCCn1cc(NC(=O)N2CCOC(C)C2C)cn1. The van der Waals surface area contributed by atoms with E-state index in [-0.39, 0.29) is 18.2 Å². The Bertz CT molecular complexity index is 432. The average molecular weight is 266 g/mol. The molecule has 2 unspecified atom stereocenters. The van der Waals surface area contributed by atoms with Gasteiger partial charge in [-0.15, -0.1) is 0 Å². The van der Waals surface area contributed by atoms with Crippen molar-refractivity contribution in [2.75, 3.05) is 18.5 Å². The fourth-order valence-electron chi connectivity index (χ4n) is 2.19. The van der Waals surface area contributed by atoms with Crippen molar-refractivity contribution in [3.63, 3.8) is 0 Å². The number of urea groups is 1. The van der Waals surface area contributed by atoms with Crippen molar-refractivity contribution in [2.24, 2.45) is 0 Å². The highest BCUT2D eigenvalue weighted by Gasteiger charge is 2.29. The molecule has 2 amide bonds. The molecule has 2 heterocycles. The lowest BCUT2D eigenvalue weighted by Gasteiger charge is -2.37. The smallest absolute Gasteiger partial charge is 0.322 e. The molecule has 6 nitrogen and oxygen atoms in total. The minimum Gasteiger partial charge on any atom is -0.375 e. The number of carbonyl (C=O) groups excluding carboxylic acids is 1. The molecule has 0 aromatic carbocycles. The van der Waals surface area contributed by atoms with E-state index in [0.29, 0.717) is 13.2 Å². The van der Waals surface area contributed by atoms with Gasteiger partial charge >= 0.3 is 6.03 Å². The summed E-state index contributed by atoms with van der Waals surface area (Å²) in [6.07, 6.45) is 4.63. The number of rotatable bonds is 3. The van der Waals surface area contributed by atoms with Crippen molar-refractivity contribution in [3.05, 3.63) is 12.4 Å². The zero-order valence-electron chi connectivity index (χ0n) is 11.8. The standard InChI is InChI=1S/C13H22N4O2/c1-4-5-16-9-12(8-14-16)15-13(18)17-6-7-19-11(3)10(17)2/h8-11H,4-7H2,1-3H3,(H,15,18). The van der Waals surface area contributed by atoms with Crippen LogP contribution >= 0.6 is 0 Å². The quantitative estimate of drug-likeness (QED) is 0.909. The highest BCUT2D eigenvalue weighted by atomic mass is 16.5. The summed E-state index contributed by atoms with van der Waals surface area (Å²) in [6, 6.07) is -0.00173. The molecule has 1 aliphatic heterocycles. The van der Waals surface area contributed by atoms with Crippen molar-refractivity contribution >= 4 is 11.7 Å². The maximum Gasteiger partial charge on any atom is 0.322 e. The van der Waals surface area contributed by atoms with E-state index in [4.69, 9.17) is 4.74 Å². The van der Waals surface area contributed by atoms with E-state index in [0.717, 1.165) is 18.7 Å². The van der Waals surface area contributed by atoms with Gasteiger partial charge in [-0.1, -0.05) is 6.92 Å². The van der Waals surface area contributed by atoms with Crippen LogP contribution in [0.4, 0.5) is 10.5 Å². The van der Waals surface area contributed by atoms with E-state index in [1.54, 1.807) is 6.20 Å². The van der Waals surface area contributed by atoms with Crippen LogP contribution in [0.15, 0.2) is 12.4 Å². The number of aryl methyl sites for hydroxylation is 1. The van der Waals surface area contributed by atoms with Crippen LogP contribution in [-0.4, -0.2) is 46.0 Å². The third kappa shape index (κ3) is 3.26. The van der Waals surface area contributed by atoms with Gasteiger partial charge < -0.3 is 15.0 Å². The van der Waals surface area contributed by atoms with Gasteiger partial charge in [-0.25, -0.2) is 4.79 Å². The number of nitrogens with zero attached hydrogens (tertiary/aromatic N) is 3. The lowest BCUT2D eigenvalue weighted by atomic mass is 10.1. The van der Waals surface area contributed by atoms with Crippen LogP contribution in [0.1, 0.15) is 27.2 Å². The van der Waals surface area contributed by atoms with Crippen molar-refractivity contribution in [1.29, 1.82) is 0 Å². The molecule has 2 atom stereocenters. The van der Waals surface area contributed by atoms with Crippen LogP contribution < -0.4 is 5.32 Å². The second-order valence-electron chi connectivity index (χ2n) is 4.93. The monoisotopic (exact) mass is 266 g/mol. The first kappa shape index (κ1) is 13.9. The predicted molar refractivity (Wildman–Crippen MR) is 73.1 cm³/mol. The number of carbonyl (C=O) groups is 1. The molecule has 1 N–H and O–H groups in total. The van der Waals surface area contributed by atoms with Gasteiger partial charge in [-0.05, 0) is 20.3 Å². The van der Waals surface area contributed by atoms with Crippen molar-refractivity contribution < 1.29 is 9.53 Å². The zero-order valence-corrected chi connectivity index (χ0v) is 11.8. The van der Waals surface area contributed by atoms with Crippen LogP contribution in [0.3, 0.4) is 0 Å². The Hall–Kier alpha value is -1.56. The van der Waals surface area contributed by atoms with Gasteiger partial charge in [0.05, 0.1) is 30.6 Å². The number of amides is 2. The second kappa shape index (κ2) is 6.06. The van der Waals surface area contributed by atoms with Crippen LogP contribution in [0.2, 0.25) is 0 Å². The molecule has 6 heteroatoms. The van der Waals surface area contributed by atoms with E-state index in [1.807, 2.05) is 29.6 Å². The van der Waals surface area contributed by atoms with Crippen LogP contribution in [0.5, 0.6) is 0 Å². The molecule has 2 rings (SSSR count). The lowest BCUT2D eigenvalue weighted by Crippen LogP contribution is -2.52. The third-order valence-electron chi connectivity index (χ3n) is 3.48. The van der Waals surface area contributed by atoms with Gasteiger partial charge in [-0.3, -0.25) is 4.68 Å². The molecular weight excluding hydrogens is 244 g/mol. The first-order chi connectivity index (χ1) is 9.11. The Labute approximate surface area is 113 Å². The van der Waals surface area contributed by atoms with Crippen LogP contribution in [0.25, 0.3) is 0 Å². The largest absolute Gasteiger partial charge is 0.375 e. The molecule has 0 spiro atoms. The molecule has 1 saturated heterocycles. The molecule has 1 aliphatic rings. The Kier molecular flexibility index (Phi) is 4.42. The van der Waals surface area contributed by atoms with E-state index in [2.05, 4.69) is 17.3 Å². The van der Waals surface area contributed by atoms with Gasteiger partial charge in [0, 0.05) is 19.3 Å². The van der Waals surface area contributed by atoms with E-state index in [1.165, 1.54) is 0 Å². The van der Waals surface area contributed by atoms with Gasteiger partial charge in [0.2, 0.25) is 0 Å². The summed E-state index contributed by atoms with van der Waals surface area (Å²) in [4.78, 5) is 14.0. The van der Waals surface area contributed by atoms with Gasteiger partial charge in [-0.2, -0.15) is 5.10 Å². The normalized spacial score (nSPS) is 23.4. The topological polar surface area (TPSA) is 59.4 Å². The molecule has 106 valence electrons. The Morgan fingerprint density at radius 1 is 1.58 bits per heavy atom. The molecule has 0 aliphatic carbocycles. The summed E-state index contributed by atoms with van der Waals surface area (Å²) in [5.74, 6) is 0. The Morgan fingerprint density at radius 3 is 3.11 bits per heavy atom. The molecule has 0 bridgehead atoms. The average Bonchev–Trinajstić information content (AvgIpc) is 2.80. The van der Waals surface area contributed by atoms with Gasteiger partial charge in [0.15, 0.2) is 0 Å². The van der Waals surface area contributed by atoms with E-state index in [9.17, 15) is 4.79 Å². The summed E-state index contributed by atoms with van der Waals surface area (Å²) < 4.78 is 7.35. The first-order valence-corrected chi connectivity index (χ1v) is 6.83. The third-order valence-corrected chi connectivity index (χ3v) is 3.48. The number of nitrogens with one attached hydrogen (secondary N) is 1. The highest BCUT2D eigenvalue weighted by molar-refractivity contribution is 5.89. The van der Waals surface area contributed by atoms with E-state index >= 15 is 0 Å². The van der Waals surface area contributed by atoms with Crippen molar-refractivity contribution in [3.8, 4) is 0 Å².